The van der Waals surface area contributed by atoms with Crippen LogP contribution in [-0.4, -0.2) is 50.0 Å². The Morgan fingerprint density at radius 2 is 1.50 bits per heavy atom. The quantitative estimate of drug-likeness (QED) is 0.171. The van der Waals surface area contributed by atoms with Crippen LogP contribution in [0.3, 0.4) is 0 Å². The summed E-state index contributed by atoms with van der Waals surface area (Å²) in [6.07, 6.45) is 2.02. The van der Waals surface area contributed by atoms with Crippen LogP contribution >= 0.6 is 34.4 Å². The number of hydrogen-bond acceptors (Lipinski definition) is 13. The maximum atomic E-state index is 12.4. The van der Waals surface area contributed by atoms with Gasteiger partial charge in [-0.1, -0.05) is 12.1 Å². The van der Waals surface area contributed by atoms with Crippen LogP contribution in [0.5, 0.6) is 0 Å². The molecule has 3 rings (SSSR count). The van der Waals surface area contributed by atoms with E-state index in [1.165, 1.54) is 6.07 Å². The molecule has 0 unspecified atom stereocenters. The Morgan fingerprint density at radius 3 is 2.06 bits per heavy atom. The standard InChI is InChI=1S/C17H12N6O8S3/c24-11(20-16-18-5-13(33-16)22(27)28)7-31-15(26)9-3-1-2-4-10(9)32-8-12(25)21-17-19-6-14(34-17)23(29)30/h1-6H,7-8H2,(H,18,20,24)(H,19,21,25). The van der Waals surface area contributed by atoms with E-state index in [9.17, 15) is 34.6 Å². The van der Waals surface area contributed by atoms with E-state index in [4.69, 9.17) is 4.74 Å². The van der Waals surface area contributed by atoms with Crippen molar-refractivity contribution in [2.45, 2.75) is 4.90 Å². The number of aromatic nitrogens is 2. The summed E-state index contributed by atoms with van der Waals surface area (Å²) in [4.78, 5) is 64.4. The highest BCUT2D eigenvalue weighted by Gasteiger charge is 2.18. The molecule has 2 amide bonds. The Hall–Kier alpha value is -3.96. The first kappa shape index (κ1) is 24.7. The lowest BCUT2D eigenvalue weighted by Crippen LogP contribution is -2.21. The number of esters is 1. The Kier molecular flexibility index (Phi) is 8.17. The van der Waals surface area contributed by atoms with Crippen molar-refractivity contribution >= 4 is 72.5 Å². The van der Waals surface area contributed by atoms with Crippen LogP contribution in [0.1, 0.15) is 10.4 Å². The number of amides is 2. The molecule has 0 aliphatic heterocycles. The predicted molar refractivity (Wildman–Crippen MR) is 122 cm³/mol. The third-order valence-corrected chi connectivity index (χ3v) is 6.44. The molecule has 2 aromatic heterocycles. The Labute approximate surface area is 201 Å². The van der Waals surface area contributed by atoms with E-state index in [2.05, 4.69) is 20.6 Å². The number of thioether (sulfide) groups is 1. The van der Waals surface area contributed by atoms with Gasteiger partial charge in [-0.25, -0.2) is 14.8 Å². The van der Waals surface area contributed by atoms with Crippen LogP contribution in [-0.2, 0) is 14.3 Å². The Balaban J connectivity index is 1.52. The summed E-state index contributed by atoms with van der Waals surface area (Å²) < 4.78 is 4.99. The highest BCUT2D eigenvalue weighted by atomic mass is 32.2. The molecule has 0 aliphatic rings. The number of ether oxygens (including phenoxy) is 1. The fourth-order valence-corrected chi connectivity index (χ4v) is 4.38. The van der Waals surface area contributed by atoms with E-state index in [-0.39, 0.29) is 31.6 Å². The van der Waals surface area contributed by atoms with Gasteiger partial charge in [-0.15, -0.1) is 11.8 Å². The topological polar surface area (TPSA) is 197 Å². The minimum Gasteiger partial charge on any atom is -0.452 e. The molecule has 34 heavy (non-hydrogen) atoms. The molecule has 2 heterocycles. The van der Waals surface area contributed by atoms with E-state index in [1.807, 2.05) is 0 Å². The maximum absolute atomic E-state index is 12.4. The fourth-order valence-electron chi connectivity index (χ4n) is 2.24. The largest absolute Gasteiger partial charge is 0.452 e. The molecule has 0 bridgehead atoms. The number of rotatable bonds is 10. The van der Waals surface area contributed by atoms with Crippen molar-refractivity contribution < 1.29 is 29.0 Å². The van der Waals surface area contributed by atoms with Gasteiger partial charge in [-0.2, -0.15) is 0 Å². The molecule has 2 N–H and O–H groups in total. The van der Waals surface area contributed by atoms with Crippen LogP contribution in [0.2, 0.25) is 0 Å². The fraction of sp³-hybridized carbons (Fsp3) is 0.118. The van der Waals surface area contributed by atoms with Gasteiger partial charge in [0, 0.05) is 4.90 Å². The van der Waals surface area contributed by atoms with Crippen molar-refractivity contribution in [3.63, 3.8) is 0 Å². The first-order valence-electron chi connectivity index (χ1n) is 8.92. The SMILES string of the molecule is O=C(COC(=O)c1ccccc1SCC(=O)Nc1ncc([N+](=O)[O-])s1)Nc1ncc([N+](=O)[O-])s1. The maximum Gasteiger partial charge on any atom is 0.345 e. The second-order valence-corrected chi connectivity index (χ2v) is 9.01. The third-order valence-electron chi connectivity index (χ3n) is 3.64. The molecule has 0 atom stereocenters. The summed E-state index contributed by atoms with van der Waals surface area (Å²) >= 11 is 2.38. The number of nitrogens with zero attached hydrogens (tertiary/aromatic N) is 4. The van der Waals surface area contributed by atoms with Crippen LogP contribution in [0.15, 0.2) is 41.6 Å². The van der Waals surface area contributed by atoms with Crippen molar-refractivity contribution in [3.8, 4) is 0 Å². The molecule has 0 spiro atoms. The van der Waals surface area contributed by atoms with Crippen LogP contribution in [0.4, 0.5) is 20.3 Å². The molecule has 0 saturated carbocycles. The second kappa shape index (κ2) is 11.3. The molecule has 0 radical (unpaired) electrons. The Bertz CT molecular complexity index is 1260. The van der Waals surface area contributed by atoms with Gasteiger partial charge in [0.2, 0.25) is 5.91 Å². The zero-order valence-electron chi connectivity index (χ0n) is 16.7. The van der Waals surface area contributed by atoms with Crippen molar-refractivity contribution in [1.29, 1.82) is 0 Å². The Morgan fingerprint density at radius 1 is 0.941 bits per heavy atom. The average Bonchev–Trinajstić information content (AvgIpc) is 3.46. The van der Waals surface area contributed by atoms with Gasteiger partial charge in [-0.05, 0) is 34.8 Å². The number of nitro groups is 2. The van der Waals surface area contributed by atoms with Crippen molar-refractivity contribution in [3.05, 3.63) is 62.5 Å². The third kappa shape index (κ3) is 6.77. The second-order valence-electron chi connectivity index (χ2n) is 5.98. The number of anilines is 2. The predicted octanol–water partition coefficient (Wildman–Crippen LogP) is 2.94. The smallest absolute Gasteiger partial charge is 0.345 e. The summed E-state index contributed by atoms with van der Waals surface area (Å²) in [5, 5.41) is 25.7. The van der Waals surface area contributed by atoms with Crippen molar-refractivity contribution in [2.75, 3.05) is 23.0 Å². The molecule has 0 saturated heterocycles. The van der Waals surface area contributed by atoms with Gasteiger partial charge >= 0.3 is 16.0 Å². The lowest BCUT2D eigenvalue weighted by Gasteiger charge is -2.09. The normalized spacial score (nSPS) is 10.4. The van der Waals surface area contributed by atoms with Crippen molar-refractivity contribution in [2.24, 2.45) is 0 Å². The van der Waals surface area contributed by atoms with Crippen LogP contribution in [0, 0.1) is 20.2 Å². The van der Waals surface area contributed by atoms with E-state index < -0.39 is 34.2 Å². The van der Waals surface area contributed by atoms with Gasteiger partial charge in [0.05, 0.1) is 21.2 Å². The number of nitrogens with one attached hydrogen (secondary N) is 2. The van der Waals surface area contributed by atoms with Gasteiger partial charge < -0.3 is 10.1 Å². The molecular weight excluding hydrogens is 512 g/mol. The first-order valence-corrected chi connectivity index (χ1v) is 11.5. The average molecular weight is 525 g/mol. The van der Waals surface area contributed by atoms with Crippen molar-refractivity contribution in [1.82, 2.24) is 9.97 Å². The highest BCUT2D eigenvalue weighted by Crippen LogP contribution is 2.27. The summed E-state index contributed by atoms with van der Waals surface area (Å²) in [6, 6.07) is 6.25. The van der Waals surface area contributed by atoms with Crippen LogP contribution < -0.4 is 10.6 Å². The molecule has 3 aromatic rings. The first-order chi connectivity index (χ1) is 16.2. The number of carbonyl (C=O) groups is 3. The summed E-state index contributed by atoms with van der Waals surface area (Å²) in [5.41, 5.74) is 0.114. The molecule has 17 heteroatoms. The van der Waals surface area contributed by atoms with E-state index in [0.29, 0.717) is 27.6 Å². The minimum atomic E-state index is -0.820. The number of carbonyl (C=O) groups excluding carboxylic acids is 3. The van der Waals surface area contributed by atoms with Gasteiger partial charge in [0.25, 0.3) is 5.91 Å². The summed E-state index contributed by atoms with van der Waals surface area (Å²) in [6.45, 7) is -0.658. The molecule has 176 valence electrons. The molecule has 0 aliphatic carbocycles. The lowest BCUT2D eigenvalue weighted by atomic mass is 10.2. The highest BCUT2D eigenvalue weighted by molar-refractivity contribution is 8.00. The number of thiazole rings is 2. The summed E-state index contributed by atoms with van der Waals surface area (Å²) in [7, 11) is 0. The molecule has 0 fully saturated rings. The number of hydrogen-bond donors (Lipinski definition) is 2. The van der Waals surface area contributed by atoms with Gasteiger partial charge in [0.1, 0.15) is 12.4 Å². The van der Waals surface area contributed by atoms with Crippen LogP contribution in [0.25, 0.3) is 0 Å². The summed E-state index contributed by atoms with van der Waals surface area (Å²) in [5.74, 6) is -2.17. The monoisotopic (exact) mass is 524 g/mol. The molecule has 14 nitrogen and oxygen atoms in total. The van der Waals surface area contributed by atoms with E-state index in [1.54, 1.807) is 18.2 Å². The molecule has 1 aromatic carbocycles. The lowest BCUT2D eigenvalue weighted by molar-refractivity contribution is -0.380. The minimum absolute atomic E-state index is 0.0136. The van der Waals surface area contributed by atoms with Gasteiger partial charge in [-0.3, -0.25) is 35.1 Å². The molecular formula is C17H12N6O8S3. The van der Waals surface area contributed by atoms with Gasteiger partial charge in [0.15, 0.2) is 16.9 Å². The zero-order chi connectivity index (χ0) is 24.7. The zero-order valence-corrected chi connectivity index (χ0v) is 19.1. The van der Waals surface area contributed by atoms with E-state index >= 15 is 0 Å². The van der Waals surface area contributed by atoms with E-state index in [0.717, 1.165) is 24.2 Å². The number of benzene rings is 1.